The van der Waals surface area contributed by atoms with Gasteiger partial charge >= 0.3 is 0 Å². The number of carbonyl (C=O) groups excluding carboxylic acids is 1. The molecule has 3 aromatic rings. The van der Waals surface area contributed by atoms with Crippen LogP contribution in [0, 0.1) is 17.2 Å². The van der Waals surface area contributed by atoms with Gasteiger partial charge in [0.05, 0.1) is 16.7 Å². The van der Waals surface area contributed by atoms with Gasteiger partial charge in [0, 0.05) is 5.39 Å². The Bertz CT molecular complexity index is 1200. The third-order valence-electron chi connectivity index (χ3n) is 4.92. The molecule has 0 bridgehead atoms. The predicted octanol–water partition coefficient (Wildman–Crippen LogP) is 4.09. The standard InChI is InChI=1S/C24H25N3O3S/c1-18(2)17-22(24(28)26-16-15-25)27(20-11-4-3-5-12-20)31(29,30)23-14-8-10-19-9-6-7-13-21(19)23/h3-14,18,22H,16-17H2,1-2H3,(H,26,28). The predicted molar refractivity (Wildman–Crippen MR) is 122 cm³/mol. The highest BCUT2D eigenvalue weighted by Crippen LogP contribution is 2.32. The second kappa shape index (κ2) is 9.63. The van der Waals surface area contributed by atoms with Crippen molar-refractivity contribution in [2.75, 3.05) is 10.8 Å². The van der Waals surface area contributed by atoms with E-state index in [4.69, 9.17) is 5.26 Å². The molecule has 0 spiro atoms. The number of fused-ring (bicyclic) bond motifs is 1. The van der Waals surface area contributed by atoms with Crippen molar-refractivity contribution < 1.29 is 13.2 Å². The summed E-state index contributed by atoms with van der Waals surface area (Å²) in [5.74, 6) is -0.449. The number of nitrogens with zero attached hydrogens (tertiary/aromatic N) is 2. The molecule has 0 aliphatic rings. The van der Waals surface area contributed by atoms with Crippen LogP contribution in [0.15, 0.2) is 77.7 Å². The van der Waals surface area contributed by atoms with Gasteiger partial charge in [-0.2, -0.15) is 5.26 Å². The number of sulfonamides is 1. The summed E-state index contributed by atoms with van der Waals surface area (Å²) < 4.78 is 29.3. The molecule has 3 aromatic carbocycles. The SMILES string of the molecule is CC(C)CC(C(=O)NCC#N)N(c1ccccc1)S(=O)(=O)c1cccc2ccccc12. The van der Waals surface area contributed by atoms with Crippen molar-refractivity contribution in [3.8, 4) is 6.07 Å². The highest BCUT2D eigenvalue weighted by atomic mass is 32.2. The molecule has 0 aliphatic heterocycles. The highest BCUT2D eigenvalue weighted by molar-refractivity contribution is 7.93. The Balaban J connectivity index is 2.22. The number of para-hydroxylation sites is 1. The number of carbonyl (C=O) groups is 1. The first-order valence-corrected chi connectivity index (χ1v) is 11.5. The molecule has 0 aliphatic carbocycles. The van der Waals surface area contributed by atoms with Gasteiger partial charge in [0.2, 0.25) is 5.91 Å². The van der Waals surface area contributed by atoms with Gasteiger partial charge in [-0.15, -0.1) is 0 Å². The lowest BCUT2D eigenvalue weighted by Gasteiger charge is -2.33. The lowest BCUT2D eigenvalue weighted by Crippen LogP contribution is -2.50. The van der Waals surface area contributed by atoms with Crippen LogP contribution in [-0.2, 0) is 14.8 Å². The Morgan fingerprint density at radius 3 is 2.32 bits per heavy atom. The second-order valence-corrected chi connectivity index (χ2v) is 9.42. The number of amides is 1. The van der Waals surface area contributed by atoms with Crippen LogP contribution in [0.2, 0.25) is 0 Å². The average Bonchev–Trinajstić information content (AvgIpc) is 2.77. The quantitative estimate of drug-likeness (QED) is 0.540. The number of rotatable bonds is 8. The Hall–Kier alpha value is -3.37. The molecule has 0 radical (unpaired) electrons. The van der Waals surface area contributed by atoms with E-state index in [2.05, 4.69) is 5.32 Å². The molecule has 31 heavy (non-hydrogen) atoms. The molecule has 6 nitrogen and oxygen atoms in total. The zero-order valence-electron chi connectivity index (χ0n) is 17.5. The Morgan fingerprint density at radius 1 is 1.00 bits per heavy atom. The van der Waals surface area contributed by atoms with Gasteiger partial charge in [0.1, 0.15) is 12.6 Å². The fraction of sp³-hybridized carbons (Fsp3) is 0.250. The summed E-state index contributed by atoms with van der Waals surface area (Å²) in [4.78, 5) is 13.2. The van der Waals surface area contributed by atoms with Crippen LogP contribution in [0.1, 0.15) is 20.3 Å². The van der Waals surface area contributed by atoms with E-state index < -0.39 is 22.0 Å². The van der Waals surface area contributed by atoms with Gasteiger partial charge in [-0.25, -0.2) is 8.42 Å². The number of hydrogen-bond donors (Lipinski definition) is 1. The summed E-state index contributed by atoms with van der Waals surface area (Å²) in [6.45, 7) is 3.67. The number of benzene rings is 3. The van der Waals surface area contributed by atoms with Crippen molar-refractivity contribution in [2.24, 2.45) is 5.92 Å². The van der Waals surface area contributed by atoms with E-state index in [1.54, 1.807) is 54.6 Å². The first kappa shape index (κ1) is 22.3. The van der Waals surface area contributed by atoms with E-state index in [1.807, 2.05) is 38.1 Å². The van der Waals surface area contributed by atoms with Gasteiger partial charge in [-0.1, -0.05) is 68.4 Å². The number of anilines is 1. The number of hydrogen-bond acceptors (Lipinski definition) is 4. The smallest absolute Gasteiger partial charge is 0.265 e. The normalized spacial score (nSPS) is 12.3. The summed E-state index contributed by atoms with van der Waals surface area (Å²) in [5.41, 5.74) is 0.396. The minimum Gasteiger partial charge on any atom is -0.341 e. The molecule has 0 fully saturated rings. The first-order valence-electron chi connectivity index (χ1n) is 10.1. The minimum atomic E-state index is -4.11. The van der Waals surface area contributed by atoms with Crippen molar-refractivity contribution in [2.45, 2.75) is 31.2 Å². The molecule has 0 saturated heterocycles. The van der Waals surface area contributed by atoms with Gasteiger partial charge < -0.3 is 5.32 Å². The lowest BCUT2D eigenvalue weighted by molar-refractivity contribution is -0.122. The van der Waals surface area contributed by atoms with Crippen LogP contribution in [0.25, 0.3) is 10.8 Å². The fourth-order valence-corrected chi connectivity index (χ4v) is 5.43. The Labute approximate surface area is 183 Å². The van der Waals surface area contributed by atoms with Crippen LogP contribution in [-0.4, -0.2) is 26.9 Å². The maximum atomic E-state index is 14.0. The molecule has 1 unspecified atom stereocenters. The third-order valence-corrected chi connectivity index (χ3v) is 6.81. The van der Waals surface area contributed by atoms with Gasteiger partial charge in [0.15, 0.2) is 0 Å². The van der Waals surface area contributed by atoms with Crippen LogP contribution in [0.5, 0.6) is 0 Å². The van der Waals surface area contributed by atoms with Crippen molar-refractivity contribution >= 4 is 32.4 Å². The molecule has 0 heterocycles. The Kier molecular flexibility index (Phi) is 6.93. The van der Waals surface area contributed by atoms with Crippen molar-refractivity contribution in [3.05, 3.63) is 72.8 Å². The molecule has 1 atom stereocenters. The average molecular weight is 436 g/mol. The summed E-state index contributed by atoms with van der Waals surface area (Å²) >= 11 is 0. The number of nitrogens with one attached hydrogen (secondary N) is 1. The van der Waals surface area contributed by atoms with E-state index in [-0.39, 0.29) is 17.4 Å². The lowest BCUT2D eigenvalue weighted by atomic mass is 10.0. The molecule has 1 N–H and O–H groups in total. The highest BCUT2D eigenvalue weighted by Gasteiger charge is 2.37. The molecular weight excluding hydrogens is 410 g/mol. The van der Waals surface area contributed by atoms with Crippen LogP contribution < -0.4 is 9.62 Å². The molecule has 160 valence electrons. The van der Waals surface area contributed by atoms with Crippen molar-refractivity contribution in [1.29, 1.82) is 5.26 Å². The first-order chi connectivity index (χ1) is 14.9. The van der Waals surface area contributed by atoms with Gasteiger partial charge in [-0.05, 0) is 35.9 Å². The zero-order chi connectivity index (χ0) is 22.4. The maximum Gasteiger partial charge on any atom is 0.265 e. The maximum absolute atomic E-state index is 14.0. The zero-order valence-corrected chi connectivity index (χ0v) is 18.3. The van der Waals surface area contributed by atoms with Gasteiger partial charge in [0.25, 0.3) is 10.0 Å². The second-order valence-electron chi connectivity index (χ2n) is 7.63. The van der Waals surface area contributed by atoms with Crippen molar-refractivity contribution in [1.82, 2.24) is 5.32 Å². The van der Waals surface area contributed by atoms with Crippen LogP contribution in [0.3, 0.4) is 0 Å². The summed E-state index contributed by atoms with van der Waals surface area (Å²) in [6.07, 6.45) is 0.302. The van der Waals surface area contributed by atoms with E-state index in [0.29, 0.717) is 17.5 Å². The van der Waals surface area contributed by atoms with Crippen LogP contribution >= 0.6 is 0 Å². The van der Waals surface area contributed by atoms with E-state index in [9.17, 15) is 13.2 Å². The van der Waals surface area contributed by atoms with E-state index >= 15 is 0 Å². The largest absolute Gasteiger partial charge is 0.341 e. The molecule has 1 amide bonds. The third kappa shape index (κ3) is 4.86. The number of nitriles is 1. The molecule has 3 rings (SSSR count). The van der Waals surface area contributed by atoms with Crippen molar-refractivity contribution in [3.63, 3.8) is 0 Å². The molecule has 0 aromatic heterocycles. The van der Waals surface area contributed by atoms with E-state index in [1.165, 1.54) is 4.31 Å². The topological polar surface area (TPSA) is 90.3 Å². The molecule has 0 saturated carbocycles. The van der Waals surface area contributed by atoms with E-state index in [0.717, 1.165) is 5.39 Å². The summed E-state index contributed by atoms with van der Waals surface area (Å²) in [7, 11) is -4.11. The minimum absolute atomic E-state index is 0.0479. The van der Waals surface area contributed by atoms with Gasteiger partial charge in [-0.3, -0.25) is 9.10 Å². The summed E-state index contributed by atoms with van der Waals surface area (Å²) in [5, 5.41) is 12.8. The Morgan fingerprint density at radius 2 is 1.65 bits per heavy atom. The molecule has 7 heteroatoms. The van der Waals surface area contributed by atoms with Crippen LogP contribution in [0.4, 0.5) is 5.69 Å². The fourth-order valence-electron chi connectivity index (χ4n) is 3.59. The monoisotopic (exact) mass is 435 g/mol. The molecular formula is C24H25N3O3S. The summed E-state index contributed by atoms with van der Waals surface area (Å²) in [6, 6.07) is 21.9.